The van der Waals surface area contributed by atoms with Gasteiger partial charge in [-0.05, 0) is 28.7 Å². The number of hydrogen-bond acceptors (Lipinski definition) is 0. The third-order valence-corrected chi connectivity index (χ3v) is 4.78. The molecule has 90 valence electrons. The number of alkyl halides is 1. The molecule has 0 aliphatic carbocycles. The molecule has 17 heavy (non-hydrogen) atoms. The standard InChI is InChI=1S/C16H19Br/c1-3-12(2)16(17)11-14-9-6-8-13-7-4-5-10-15(13)14/h4-10,12,16H,3,11H2,1-2H3. The van der Waals surface area contributed by atoms with Gasteiger partial charge in [-0.1, -0.05) is 78.7 Å². The van der Waals surface area contributed by atoms with E-state index in [9.17, 15) is 0 Å². The maximum absolute atomic E-state index is 3.83. The van der Waals surface area contributed by atoms with Crippen LogP contribution in [0.4, 0.5) is 0 Å². The Balaban J connectivity index is 2.30. The van der Waals surface area contributed by atoms with Gasteiger partial charge in [-0.25, -0.2) is 0 Å². The molecule has 0 amide bonds. The molecule has 0 radical (unpaired) electrons. The van der Waals surface area contributed by atoms with E-state index in [2.05, 4.69) is 72.2 Å². The molecule has 2 aromatic carbocycles. The lowest BCUT2D eigenvalue weighted by Gasteiger charge is -2.17. The molecule has 0 saturated carbocycles. The average Bonchev–Trinajstić information content (AvgIpc) is 2.38. The topological polar surface area (TPSA) is 0 Å². The minimum Gasteiger partial charge on any atom is -0.0884 e. The van der Waals surface area contributed by atoms with Crippen LogP contribution in [-0.4, -0.2) is 4.83 Å². The summed E-state index contributed by atoms with van der Waals surface area (Å²) in [5.41, 5.74) is 1.45. The number of rotatable bonds is 4. The van der Waals surface area contributed by atoms with E-state index < -0.39 is 0 Å². The van der Waals surface area contributed by atoms with E-state index in [1.807, 2.05) is 0 Å². The highest BCUT2D eigenvalue weighted by molar-refractivity contribution is 9.09. The third kappa shape index (κ3) is 2.90. The summed E-state index contributed by atoms with van der Waals surface area (Å²) >= 11 is 3.83. The molecule has 0 aliphatic rings. The Morgan fingerprint density at radius 1 is 1.06 bits per heavy atom. The van der Waals surface area contributed by atoms with E-state index in [-0.39, 0.29) is 0 Å². The molecule has 2 unspecified atom stereocenters. The van der Waals surface area contributed by atoms with Crippen LogP contribution < -0.4 is 0 Å². The van der Waals surface area contributed by atoms with Crippen LogP contribution in [0.2, 0.25) is 0 Å². The Bertz CT molecular complexity index is 484. The van der Waals surface area contributed by atoms with Crippen molar-refractivity contribution in [1.29, 1.82) is 0 Å². The van der Waals surface area contributed by atoms with Crippen LogP contribution in [0.15, 0.2) is 42.5 Å². The van der Waals surface area contributed by atoms with Crippen molar-refractivity contribution in [3.05, 3.63) is 48.0 Å². The zero-order valence-electron chi connectivity index (χ0n) is 10.5. The van der Waals surface area contributed by atoms with Crippen molar-refractivity contribution in [2.24, 2.45) is 5.92 Å². The van der Waals surface area contributed by atoms with Crippen LogP contribution in [0.25, 0.3) is 10.8 Å². The predicted molar refractivity (Wildman–Crippen MR) is 79.8 cm³/mol. The fraction of sp³-hybridized carbons (Fsp3) is 0.375. The van der Waals surface area contributed by atoms with Crippen molar-refractivity contribution >= 4 is 26.7 Å². The molecule has 2 atom stereocenters. The maximum Gasteiger partial charge on any atom is 0.0211 e. The SMILES string of the molecule is CCC(C)C(Br)Cc1cccc2ccccc12. The second kappa shape index (κ2) is 5.68. The van der Waals surface area contributed by atoms with E-state index in [0.717, 1.165) is 6.42 Å². The molecular formula is C16H19Br. The lowest BCUT2D eigenvalue weighted by Crippen LogP contribution is -2.13. The maximum atomic E-state index is 3.83. The first kappa shape index (κ1) is 12.6. The quantitative estimate of drug-likeness (QED) is 0.680. The highest BCUT2D eigenvalue weighted by Gasteiger charge is 2.13. The Hall–Kier alpha value is -0.820. The molecule has 0 nitrogen and oxygen atoms in total. The van der Waals surface area contributed by atoms with E-state index >= 15 is 0 Å². The van der Waals surface area contributed by atoms with Crippen LogP contribution in [0.5, 0.6) is 0 Å². The second-order valence-corrected chi connectivity index (χ2v) is 5.92. The summed E-state index contributed by atoms with van der Waals surface area (Å²) < 4.78 is 0. The second-order valence-electron chi connectivity index (χ2n) is 4.74. The molecule has 0 spiro atoms. The minimum atomic E-state index is 0.568. The van der Waals surface area contributed by atoms with Gasteiger partial charge in [0, 0.05) is 4.83 Å². The molecule has 0 bridgehead atoms. The molecule has 2 aromatic rings. The van der Waals surface area contributed by atoms with Crippen molar-refractivity contribution in [2.75, 3.05) is 0 Å². The highest BCUT2D eigenvalue weighted by atomic mass is 79.9. The molecule has 2 rings (SSSR count). The Labute approximate surface area is 112 Å². The molecule has 0 N–H and O–H groups in total. The molecule has 0 aliphatic heterocycles. The smallest absolute Gasteiger partial charge is 0.0211 e. The van der Waals surface area contributed by atoms with Crippen LogP contribution in [0, 0.1) is 5.92 Å². The summed E-state index contributed by atoms with van der Waals surface area (Å²) in [6.07, 6.45) is 2.33. The van der Waals surface area contributed by atoms with Gasteiger partial charge in [0.15, 0.2) is 0 Å². The fourth-order valence-electron chi connectivity index (χ4n) is 2.14. The van der Waals surface area contributed by atoms with Crippen LogP contribution in [-0.2, 0) is 6.42 Å². The summed E-state index contributed by atoms with van der Waals surface area (Å²) in [7, 11) is 0. The first-order chi connectivity index (χ1) is 8.22. The molecule has 0 aromatic heterocycles. The molecular weight excluding hydrogens is 272 g/mol. The Morgan fingerprint density at radius 3 is 2.53 bits per heavy atom. The van der Waals surface area contributed by atoms with Gasteiger partial charge in [0.25, 0.3) is 0 Å². The molecule has 0 heterocycles. The lowest BCUT2D eigenvalue weighted by molar-refractivity contribution is 0.539. The zero-order chi connectivity index (χ0) is 12.3. The van der Waals surface area contributed by atoms with Crippen LogP contribution in [0.1, 0.15) is 25.8 Å². The van der Waals surface area contributed by atoms with E-state index in [0.29, 0.717) is 10.7 Å². The van der Waals surface area contributed by atoms with Gasteiger partial charge in [0.1, 0.15) is 0 Å². The Kier molecular flexibility index (Phi) is 4.22. The number of hydrogen-bond donors (Lipinski definition) is 0. The summed E-state index contributed by atoms with van der Waals surface area (Å²) in [5.74, 6) is 0.717. The van der Waals surface area contributed by atoms with Gasteiger partial charge in [0.05, 0.1) is 0 Å². The van der Waals surface area contributed by atoms with Gasteiger partial charge >= 0.3 is 0 Å². The summed E-state index contributed by atoms with van der Waals surface area (Å²) in [4.78, 5) is 0.568. The first-order valence-corrected chi connectivity index (χ1v) is 7.24. The summed E-state index contributed by atoms with van der Waals surface area (Å²) in [6, 6.07) is 15.2. The van der Waals surface area contributed by atoms with Gasteiger partial charge in [-0.2, -0.15) is 0 Å². The van der Waals surface area contributed by atoms with Crippen molar-refractivity contribution in [3.8, 4) is 0 Å². The number of fused-ring (bicyclic) bond motifs is 1. The van der Waals surface area contributed by atoms with E-state index in [1.165, 1.54) is 22.8 Å². The predicted octanol–water partition coefficient (Wildman–Crippen LogP) is 5.19. The normalized spacial score (nSPS) is 14.8. The van der Waals surface area contributed by atoms with Crippen LogP contribution in [0.3, 0.4) is 0 Å². The molecule has 0 saturated heterocycles. The molecule has 0 fully saturated rings. The largest absolute Gasteiger partial charge is 0.0884 e. The minimum absolute atomic E-state index is 0.568. The average molecular weight is 291 g/mol. The van der Waals surface area contributed by atoms with Gasteiger partial charge in [-0.3, -0.25) is 0 Å². The monoisotopic (exact) mass is 290 g/mol. The molecule has 1 heteroatoms. The number of benzene rings is 2. The van der Waals surface area contributed by atoms with Crippen molar-refractivity contribution < 1.29 is 0 Å². The van der Waals surface area contributed by atoms with Crippen molar-refractivity contribution in [3.63, 3.8) is 0 Å². The van der Waals surface area contributed by atoms with Gasteiger partial charge in [-0.15, -0.1) is 0 Å². The summed E-state index contributed by atoms with van der Waals surface area (Å²) in [6.45, 7) is 4.56. The van der Waals surface area contributed by atoms with Gasteiger partial charge < -0.3 is 0 Å². The van der Waals surface area contributed by atoms with E-state index in [1.54, 1.807) is 0 Å². The Morgan fingerprint density at radius 2 is 1.76 bits per heavy atom. The van der Waals surface area contributed by atoms with Crippen molar-refractivity contribution in [1.82, 2.24) is 0 Å². The third-order valence-electron chi connectivity index (χ3n) is 3.56. The number of halogens is 1. The van der Waals surface area contributed by atoms with Crippen LogP contribution >= 0.6 is 15.9 Å². The van der Waals surface area contributed by atoms with E-state index in [4.69, 9.17) is 0 Å². The highest BCUT2D eigenvalue weighted by Crippen LogP contribution is 2.25. The van der Waals surface area contributed by atoms with Crippen molar-refractivity contribution in [2.45, 2.75) is 31.5 Å². The zero-order valence-corrected chi connectivity index (χ0v) is 12.1. The lowest BCUT2D eigenvalue weighted by atomic mass is 9.95. The fourth-order valence-corrected chi connectivity index (χ4v) is 2.86. The van der Waals surface area contributed by atoms with Gasteiger partial charge in [0.2, 0.25) is 0 Å². The summed E-state index contributed by atoms with van der Waals surface area (Å²) in [5, 5.41) is 2.73. The first-order valence-electron chi connectivity index (χ1n) is 6.33.